The summed E-state index contributed by atoms with van der Waals surface area (Å²) in [5, 5.41) is 13.7. The summed E-state index contributed by atoms with van der Waals surface area (Å²) in [5.41, 5.74) is 5.23. The first-order valence-electron chi connectivity index (χ1n) is 3.76. The predicted octanol–water partition coefficient (Wildman–Crippen LogP) is -0.106. The van der Waals surface area contributed by atoms with E-state index in [9.17, 15) is 4.79 Å². The van der Waals surface area contributed by atoms with Gasteiger partial charge in [-0.2, -0.15) is 0 Å². The van der Waals surface area contributed by atoms with Crippen molar-refractivity contribution in [2.75, 3.05) is 0 Å². The summed E-state index contributed by atoms with van der Waals surface area (Å²) in [5.74, 6) is -0.897. The molecule has 0 aromatic rings. The van der Waals surface area contributed by atoms with Gasteiger partial charge in [0.2, 0.25) is 5.91 Å². The minimum atomic E-state index is -0.586. The predicted molar refractivity (Wildman–Crippen MR) is 45.9 cm³/mol. The number of amidine groups is 1. The van der Waals surface area contributed by atoms with E-state index in [1.54, 1.807) is 6.92 Å². The van der Waals surface area contributed by atoms with Gasteiger partial charge in [0, 0.05) is 6.04 Å². The molecule has 1 unspecified atom stereocenters. The number of hydrogen-bond donors (Lipinski definition) is 3. The number of nitrogens with two attached hydrogens (primary N) is 1. The van der Waals surface area contributed by atoms with Crippen molar-refractivity contribution in [3.8, 4) is 0 Å². The Bertz CT molecular complexity index is 189. The molecule has 0 heterocycles. The van der Waals surface area contributed by atoms with Crippen LogP contribution in [0.1, 0.15) is 20.8 Å². The molecule has 0 rings (SSSR count). The number of oxime groups is 1. The van der Waals surface area contributed by atoms with E-state index in [1.165, 1.54) is 0 Å². The fourth-order valence-corrected chi connectivity index (χ4v) is 0.630. The van der Waals surface area contributed by atoms with E-state index >= 15 is 0 Å². The van der Waals surface area contributed by atoms with Crippen molar-refractivity contribution >= 4 is 11.7 Å². The van der Waals surface area contributed by atoms with Crippen molar-refractivity contribution in [2.45, 2.75) is 26.8 Å². The van der Waals surface area contributed by atoms with E-state index in [0.29, 0.717) is 0 Å². The van der Waals surface area contributed by atoms with Crippen LogP contribution in [0.25, 0.3) is 0 Å². The summed E-state index contributed by atoms with van der Waals surface area (Å²) in [6.45, 7) is 5.26. The van der Waals surface area contributed by atoms with Gasteiger partial charge in [-0.15, -0.1) is 0 Å². The van der Waals surface area contributed by atoms with Gasteiger partial charge in [-0.3, -0.25) is 4.79 Å². The van der Waals surface area contributed by atoms with Crippen molar-refractivity contribution in [1.29, 1.82) is 0 Å². The van der Waals surface area contributed by atoms with Gasteiger partial charge in [0.05, 0.1) is 5.92 Å². The first-order chi connectivity index (χ1) is 5.49. The third-order valence-electron chi connectivity index (χ3n) is 1.38. The standard InChI is InChI=1S/C7H15N3O2/c1-4(2)9-7(11)5(3)6(8)10-12/h4-5,12H,1-3H3,(H2,8,10)(H,9,11). The lowest BCUT2D eigenvalue weighted by atomic mass is 10.1. The molecular weight excluding hydrogens is 158 g/mol. The summed E-state index contributed by atoms with van der Waals surface area (Å²) >= 11 is 0. The lowest BCUT2D eigenvalue weighted by Gasteiger charge is -2.12. The number of amides is 1. The molecule has 0 fully saturated rings. The molecule has 0 saturated carbocycles. The fraction of sp³-hybridized carbons (Fsp3) is 0.714. The monoisotopic (exact) mass is 173 g/mol. The number of nitrogens with one attached hydrogen (secondary N) is 1. The smallest absolute Gasteiger partial charge is 0.230 e. The Morgan fingerprint density at radius 2 is 2.00 bits per heavy atom. The van der Waals surface area contributed by atoms with Crippen LogP contribution in [0, 0.1) is 5.92 Å². The summed E-state index contributed by atoms with van der Waals surface area (Å²) in [6, 6.07) is 0.0615. The molecule has 0 spiro atoms. The molecule has 1 atom stereocenters. The molecule has 0 radical (unpaired) electrons. The topological polar surface area (TPSA) is 87.7 Å². The van der Waals surface area contributed by atoms with E-state index in [1.807, 2.05) is 13.8 Å². The molecular formula is C7H15N3O2. The van der Waals surface area contributed by atoms with Gasteiger partial charge >= 0.3 is 0 Å². The van der Waals surface area contributed by atoms with E-state index < -0.39 is 5.92 Å². The van der Waals surface area contributed by atoms with Gasteiger partial charge in [-0.25, -0.2) is 0 Å². The minimum absolute atomic E-state index is 0.0615. The van der Waals surface area contributed by atoms with Gasteiger partial charge in [-0.1, -0.05) is 5.16 Å². The molecule has 5 heteroatoms. The highest BCUT2D eigenvalue weighted by Crippen LogP contribution is 1.95. The maximum Gasteiger partial charge on any atom is 0.230 e. The van der Waals surface area contributed by atoms with Crippen LogP contribution >= 0.6 is 0 Å². The van der Waals surface area contributed by atoms with Crippen LogP contribution in [0.3, 0.4) is 0 Å². The van der Waals surface area contributed by atoms with Crippen LogP contribution in [0.4, 0.5) is 0 Å². The third-order valence-corrected chi connectivity index (χ3v) is 1.38. The molecule has 0 aliphatic rings. The Hall–Kier alpha value is -1.26. The van der Waals surface area contributed by atoms with Gasteiger partial charge in [0.15, 0.2) is 5.84 Å². The second kappa shape index (κ2) is 4.58. The van der Waals surface area contributed by atoms with Gasteiger partial charge < -0.3 is 16.3 Å². The molecule has 0 aromatic heterocycles. The van der Waals surface area contributed by atoms with Crippen molar-refractivity contribution in [2.24, 2.45) is 16.8 Å². The highest BCUT2D eigenvalue weighted by molar-refractivity contribution is 6.01. The van der Waals surface area contributed by atoms with Crippen molar-refractivity contribution in [3.63, 3.8) is 0 Å². The highest BCUT2D eigenvalue weighted by atomic mass is 16.4. The minimum Gasteiger partial charge on any atom is -0.409 e. The Morgan fingerprint density at radius 3 is 2.33 bits per heavy atom. The number of carbonyl (C=O) groups excluding carboxylic acids is 1. The van der Waals surface area contributed by atoms with E-state index in [0.717, 1.165) is 0 Å². The average molecular weight is 173 g/mol. The van der Waals surface area contributed by atoms with Crippen LogP contribution in [-0.4, -0.2) is 23.0 Å². The average Bonchev–Trinajstić information content (AvgIpc) is 2.00. The molecule has 5 nitrogen and oxygen atoms in total. The van der Waals surface area contributed by atoms with E-state index in [4.69, 9.17) is 10.9 Å². The van der Waals surface area contributed by atoms with Crippen molar-refractivity contribution in [3.05, 3.63) is 0 Å². The molecule has 12 heavy (non-hydrogen) atoms. The van der Waals surface area contributed by atoms with Crippen LogP contribution in [0.5, 0.6) is 0 Å². The molecule has 1 amide bonds. The number of hydrogen-bond acceptors (Lipinski definition) is 3. The van der Waals surface area contributed by atoms with Crippen molar-refractivity contribution in [1.82, 2.24) is 5.32 Å². The molecule has 0 saturated heterocycles. The Kier molecular flexibility index (Phi) is 4.10. The molecule has 0 aliphatic carbocycles. The summed E-state index contributed by atoms with van der Waals surface area (Å²) < 4.78 is 0. The summed E-state index contributed by atoms with van der Waals surface area (Å²) in [4.78, 5) is 11.2. The Labute approximate surface area is 71.6 Å². The first kappa shape index (κ1) is 10.7. The zero-order chi connectivity index (χ0) is 9.72. The lowest BCUT2D eigenvalue weighted by molar-refractivity contribution is -0.123. The quantitative estimate of drug-likeness (QED) is 0.241. The van der Waals surface area contributed by atoms with E-state index in [2.05, 4.69) is 10.5 Å². The Balaban J connectivity index is 4.11. The molecule has 0 aliphatic heterocycles. The zero-order valence-electron chi connectivity index (χ0n) is 7.53. The molecule has 0 aromatic carbocycles. The second-order valence-electron chi connectivity index (χ2n) is 2.91. The first-order valence-corrected chi connectivity index (χ1v) is 3.76. The second-order valence-corrected chi connectivity index (χ2v) is 2.91. The van der Waals surface area contributed by atoms with Gasteiger partial charge in [0.1, 0.15) is 0 Å². The lowest BCUT2D eigenvalue weighted by Crippen LogP contribution is -2.40. The number of nitrogens with zero attached hydrogens (tertiary/aromatic N) is 1. The van der Waals surface area contributed by atoms with Crippen molar-refractivity contribution < 1.29 is 10.0 Å². The maximum absolute atomic E-state index is 11.2. The van der Waals surface area contributed by atoms with Crippen LogP contribution in [0.2, 0.25) is 0 Å². The largest absolute Gasteiger partial charge is 0.409 e. The molecule has 0 bridgehead atoms. The number of rotatable bonds is 3. The maximum atomic E-state index is 11.2. The SMILES string of the molecule is CC(C)NC(=O)C(C)C(N)=NO. The third kappa shape index (κ3) is 3.23. The van der Waals surface area contributed by atoms with Crippen LogP contribution in [0.15, 0.2) is 5.16 Å². The molecule has 70 valence electrons. The fourth-order valence-electron chi connectivity index (χ4n) is 0.630. The van der Waals surface area contributed by atoms with Crippen LogP contribution in [-0.2, 0) is 4.79 Å². The number of carbonyl (C=O) groups is 1. The van der Waals surface area contributed by atoms with Gasteiger partial charge in [-0.05, 0) is 20.8 Å². The Morgan fingerprint density at radius 1 is 1.50 bits per heavy atom. The van der Waals surface area contributed by atoms with E-state index in [-0.39, 0.29) is 17.8 Å². The summed E-state index contributed by atoms with van der Waals surface area (Å²) in [7, 11) is 0. The van der Waals surface area contributed by atoms with Gasteiger partial charge in [0.25, 0.3) is 0 Å². The highest BCUT2D eigenvalue weighted by Gasteiger charge is 2.17. The zero-order valence-corrected chi connectivity index (χ0v) is 7.53. The molecule has 4 N–H and O–H groups in total. The van der Waals surface area contributed by atoms with Crippen LogP contribution < -0.4 is 11.1 Å². The normalized spacial score (nSPS) is 14.5. The summed E-state index contributed by atoms with van der Waals surface area (Å²) in [6.07, 6.45) is 0.